The number of likely N-dealkylation sites (tertiary alicyclic amines) is 1. The molecule has 6 nitrogen and oxygen atoms in total. The zero-order valence-corrected chi connectivity index (χ0v) is 25.7. The second-order valence-corrected chi connectivity index (χ2v) is 13.3. The topological polar surface area (TPSA) is 65.0 Å². The molecule has 3 heterocycles. The molecule has 1 fully saturated rings. The van der Waals surface area contributed by atoms with E-state index in [2.05, 4.69) is 55.3 Å². The minimum Gasteiger partial charge on any atom is -0.345 e. The summed E-state index contributed by atoms with van der Waals surface area (Å²) in [6.45, 7) is 9.23. The van der Waals surface area contributed by atoms with Crippen molar-refractivity contribution in [3.05, 3.63) is 80.3 Å². The fraction of sp³-hybridized carbons (Fsp3) is 0.452. The third-order valence-corrected chi connectivity index (χ3v) is 9.71. The maximum Gasteiger partial charge on any atom is 0.260 e. The van der Waals surface area contributed by atoms with Gasteiger partial charge in [-0.05, 0) is 85.7 Å². The number of halogens is 2. The summed E-state index contributed by atoms with van der Waals surface area (Å²) in [6, 6.07) is 16.2. The van der Waals surface area contributed by atoms with Gasteiger partial charge in [-0.15, -0.1) is 0 Å². The molecule has 3 aliphatic heterocycles. The van der Waals surface area contributed by atoms with E-state index in [0.29, 0.717) is 13.1 Å². The van der Waals surface area contributed by atoms with Crippen molar-refractivity contribution in [3.63, 3.8) is 0 Å². The van der Waals surface area contributed by atoms with E-state index in [1.54, 1.807) is 11.8 Å². The Morgan fingerprint density at radius 1 is 1.02 bits per heavy atom. The zero-order chi connectivity index (χ0) is 28.6. The maximum absolute atomic E-state index is 13.5. The van der Waals surface area contributed by atoms with Crippen molar-refractivity contribution in [1.29, 1.82) is 0 Å². The van der Waals surface area contributed by atoms with Crippen molar-refractivity contribution >= 4 is 51.9 Å². The van der Waals surface area contributed by atoms with Gasteiger partial charge in [0.1, 0.15) is 0 Å². The normalized spacial score (nSPS) is 22.5. The molecule has 5 rings (SSSR count). The number of thioether (sulfide) groups is 1. The number of hydrogen-bond acceptors (Lipinski definition) is 5. The van der Waals surface area contributed by atoms with Crippen molar-refractivity contribution in [2.75, 3.05) is 13.1 Å². The fourth-order valence-corrected chi connectivity index (χ4v) is 7.40. The minimum atomic E-state index is -0.313. The lowest BCUT2D eigenvalue weighted by atomic mass is 9.83. The van der Waals surface area contributed by atoms with Crippen molar-refractivity contribution in [2.24, 2.45) is 10.9 Å². The molecule has 0 aromatic heterocycles. The number of hydrogen-bond donors (Lipinski definition) is 1. The molecular weight excluding hydrogens is 563 g/mol. The van der Waals surface area contributed by atoms with Gasteiger partial charge >= 0.3 is 0 Å². The van der Waals surface area contributed by atoms with E-state index >= 15 is 0 Å². The molecule has 2 aromatic carbocycles. The lowest BCUT2D eigenvalue weighted by Crippen LogP contribution is -2.60. The van der Waals surface area contributed by atoms with Crippen molar-refractivity contribution in [3.8, 4) is 0 Å². The number of rotatable bonds is 9. The van der Waals surface area contributed by atoms with Crippen LogP contribution in [0.4, 0.5) is 0 Å². The van der Waals surface area contributed by atoms with Gasteiger partial charge in [0.05, 0.1) is 22.5 Å². The van der Waals surface area contributed by atoms with Crippen molar-refractivity contribution < 1.29 is 9.59 Å². The second-order valence-electron chi connectivity index (χ2n) is 11.5. The summed E-state index contributed by atoms with van der Waals surface area (Å²) in [4.78, 5) is 35.2. The number of amides is 2. The van der Waals surface area contributed by atoms with Crippen molar-refractivity contribution in [1.82, 2.24) is 15.1 Å². The van der Waals surface area contributed by atoms with Gasteiger partial charge in [-0.25, -0.2) is 0 Å². The fourth-order valence-electron chi connectivity index (χ4n) is 5.80. The van der Waals surface area contributed by atoms with Crippen LogP contribution in [0.25, 0.3) is 0 Å². The quantitative estimate of drug-likeness (QED) is 0.367. The first-order valence-corrected chi connectivity index (χ1v) is 15.5. The Bertz CT molecular complexity index is 1340. The summed E-state index contributed by atoms with van der Waals surface area (Å²) in [5.41, 5.74) is 3.20. The van der Waals surface area contributed by atoms with Crippen LogP contribution in [0.2, 0.25) is 10.0 Å². The Morgan fingerprint density at radius 3 is 2.15 bits per heavy atom. The number of aryl methyl sites for hydroxylation is 2. The summed E-state index contributed by atoms with van der Waals surface area (Å²) in [7, 11) is 0. The highest BCUT2D eigenvalue weighted by Gasteiger charge is 2.51. The maximum atomic E-state index is 13.5. The van der Waals surface area contributed by atoms with Gasteiger partial charge in [-0.1, -0.05) is 61.3 Å². The summed E-state index contributed by atoms with van der Waals surface area (Å²) in [5, 5.41) is 5.53. The molecule has 1 saturated heterocycles. The predicted octanol–water partition coefficient (Wildman–Crippen LogP) is 6.32. The summed E-state index contributed by atoms with van der Waals surface area (Å²) >= 11 is 13.7. The second kappa shape index (κ2) is 11.8. The molecule has 0 aliphatic carbocycles. The zero-order valence-electron chi connectivity index (χ0n) is 23.4. The van der Waals surface area contributed by atoms with Crippen molar-refractivity contribution in [2.45, 2.75) is 71.0 Å². The summed E-state index contributed by atoms with van der Waals surface area (Å²) in [5.74, 6) is 0.116. The summed E-state index contributed by atoms with van der Waals surface area (Å²) in [6.07, 6.45) is 3.56. The molecule has 0 bridgehead atoms. The van der Waals surface area contributed by atoms with Gasteiger partial charge in [0.15, 0.2) is 5.17 Å². The molecular formula is C31H36Cl2N4O2S. The number of nitrogens with zero attached hydrogens (tertiary/aromatic N) is 3. The highest BCUT2D eigenvalue weighted by Crippen LogP contribution is 2.49. The van der Waals surface area contributed by atoms with E-state index in [1.807, 2.05) is 24.3 Å². The van der Waals surface area contributed by atoms with Crippen LogP contribution in [0.15, 0.2) is 64.1 Å². The molecule has 2 unspecified atom stereocenters. The molecule has 3 aliphatic rings. The number of carbonyl (C=O) groups is 2. The third-order valence-electron chi connectivity index (χ3n) is 8.14. The van der Waals surface area contributed by atoms with Crippen LogP contribution < -0.4 is 5.32 Å². The van der Waals surface area contributed by atoms with Crippen LogP contribution in [-0.2, 0) is 22.4 Å². The number of carbonyl (C=O) groups excluding carboxylic acids is 2. The highest BCUT2D eigenvalue weighted by molar-refractivity contribution is 8.18. The standard InChI is InChI=1S/C31H36Cl2N4O2S/c1-19(2)27-28(29(39)34-25-17-36(18-25)20(3)38)40-30-35-31(4,16-15-22-7-12-24(33)13-8-22)26(37(27)30)14-9-21-5-10-23(32)11-6-21/h5-8,10-13,19,25-26H,9,14-18H2,1-4H3,(H,34,39). The Morgan fingerprint density at radius 2 is 1.60 bits per heavy atom. The molecule has 2 atom stereocenters. The van der Waals surface area contributed by atoms with Gasteiger partial charge in [-0.2, -0.15) is 0 Å². The molecule has 40 heavy (non-hydrogen) atoms. The lowest BCUT2D eigenvalue weighted by Gasteiger charge is -2.39. The van der Waals surface area contributed by atoms with E-state index in [-0.39, 0.29) is 35.4 Å². The number of allylic oxidation sites excluding steroid dienone is 1. The molecule has 212 valence electrons. The predicted molar refractivity (Wildman–Crippen MR) is 165 cm³/mol. The number of aliphatic imine (C=N–C) groups is 1. The van der Waals surface area contributed by atoms with Gasteiger partial charge in [-0.3, -0.25) is 14.6 Å². The number of benzene rings is 2. The van der Waals surface area contributed by atoms with E-state index in [4.69, 9.17) is 28.2 Å². The Hall–Kier alpha value is -2.48. The van der Waals surface area contributed by atoms with E-state index in [0.717, 1.165) is 51.5 Å². The molecule has 0 radical (unpaired) electrons. The van der Waals surface area contributed by atoms with Gasteiger partial charge in [0.2, 0.25) is 5.91 Å². The van der Waals surface area contributed by atoms with Crippen LogP contribution in [0.5, 0.6) is 0 Å². The van der Waals surface area contributed by atoms with E-state index < -0.39 is 0 Å². The average molecular weight is 600 g/mol. The van der Waals surface area contributed by atoms with Gasteiger partial charge in [0, 0.05) is 35.8 Å². The molecule has 0 spiro atoms. The van der Waals surface area contributed by atoms with E-state index in [1.165, 1.54) is 22.9 Å². The number of amidine groups is 1. The minimum absolute atomic E-state index is 0.0133. The number of fused-ring (bicyclic) bond motifs is 1. The first kappa shape index (κ1) is 29.0. The molecule has 2 aromatic rings. The molecule has 0 saturated carbocycles. The van der Waals surface area contributed by atoms with Crippen LogP contribution in [-0.4, -0.2) is 57.5 Å². The summed E-state index contributed by atoms with van der Waals surface area (Å²) < 4.78 is 0. The Labute approximate surface area is 251 Å². The largest absolute Gasteiger partial charge is 0.345 e. The number of nitrogens with one attached hydrogen (secondary N) is 1. The highest BCUT2D eigenvalue weighted by atomic mass is 35.5. The Kier molecular flexibility index (Phi) is 8.55. The SMILES string of the molecule is CC(=O)N1CC(NC(=O)C2=C(C(C)C)N3C(=NC(C)(CCc4ccc(Cl)cc4)C3CCc3ccc(Cl)cc3)S2)C1. The third kappa shape index (κ3) is 6.07. The smallest absolute Gasteiger partial charge is 0.260 e. The van der Waals surface area contributed by atoms with Gasteiger partial charge < -0.3 is 15.1 Å². The molecule has 1 N–H and O–H groups in total. The first-order chi connectivity index (χ1) is 19.0. The Balaban J connectivity index is 1.39. The van der Waals surface area contributed by atoms with Crippen LogP contribution in [0.3, 0.4) is 0 Å². The van der Waals surface area contributed by atoms with E-state index in [9.17, 15) is 9.59 Å². The van der Waals surface area contributed by atoms with Gasteiger partial charge in [0.25, 0.3) is 5.91 Å². The average Bonchev–Trinajstić information content (AvgIpc) is 3.37. The van der Waals surface area contributed by atoms with Crippen LogP contribution in [0, 0.1) is 5.92 Å². The van der Waals surface area contributed by atoms with Crippen LogP contribution >= 0.6 is 35.0 Å². The lowest BCUT2D eigenvalue weighted by molar-refractivity contribution is -0.135. The first-order valence-electron chi connectivity index (χ1n) is 13.9. The molecule has 2 amide bonds. The molecule has 9 heteroatoms. The monoisotopic (exact) mass is 598 g/mol. The van der Waals surface area contributed by atoms with Crippen LogP contribution in [0.1, 0.15) is 51.7 Å².